The Labute approximate surface area is 397 Å². The molecule has 1 N–H and O–H groups in total. The van der Waals surface area contributed by atoms with E-state index in [-0.39, 0.29) is 48.9 Å². The Hall–Kier alpha value is -6.23. The maximum absolute atomic E-state index is 14.1. The number of methoxy groups -OCH3 is 2. The van der Waals surface area contributed by atoms with Crippen LogP contribution in [0, 0.1) is 17.8 Å². The number of hydrogen-bond acceptors (Lipinski definition) is 9. The lowest BCUT2D eigenvalue weighted by molar-refractivity contribution is -0.135. The zero-order valence-electron chi connectivity index (χ0n) is 39.6. The number of halogens is 1. The summed E-state index contributed by atoms with van der Waals surface area (Å²) in [6.07, 6.45) is 6.78. The lowest BCUT2D eigenvalue weighted by Crippen LogP contribution is -2.44. The predicted octanol–water partition coefficient (Wildman–Crippen LogP) is 8.21. The van der Waals surface area contributed by atoms with E-state index < -0.39 is 11.9 Å². The first-order valence-electron chi connectivity index (χ1n) is 23.3. The van der Waals surface area contributed by atoms with Crippen LogP contribution < -0.4 is 35.0 Å². The zero-order valence-corrected chi connectivity index (χ0v) is 40.3. The summed E-state index contributed by atoms with van der Waals surface area (Å²) in [7, 11) is 9.24. The van der Waals surface area contributed by atoms with E-state index in [1.54, 1.807) is 33.4 Å². The molecule has 4 aromatic carbocycles. The summed E-state index contributed by atoms with van der Waals surface area (Å²) >= 11 is 6.33. The van der Waals surface area contributed by atoms with E-state index in [9.17, 15) is 19.2 Å². The molecule has 0 bridgehead atoms. The number of aromatic nitrogens is 2. The van der Waals surface area contributed by atoms with Gasteiger partial charge in [-0.05, 0) is 149 Å². The van der Waals surface area contributed by atoms with Gasteiger partial charge in [-0.15, -0.1) is 0 Å². The highest BCUT2D eigenvalue weighted by atomic mass is 35.5. The number of aryl methyl sites for hydroxylation is 1. The summed E-state index contributed by atoms with van der Waals surface area (Å²) in [5, 5.41) is 3.00. The van der Waals surface area contributed by atoms with E-state index in [1.807, 2.05) is 55.1 Å². The van der Waals surface area contributed by atoms with Crippen molar-refractivity contribution in [3.63, 3.8) is 0 Å². The van der Waals surface area contributed by atoms with Crippen molar-refractivity contribution < 1.29 is 28.6 Å². The molecule has 1 aromatic heterocycles. The van der Waals surface area contributed by atoms with Gasteiger partial charge in [0.2, 0.25) is 17.7 Å². The van der Waals surface area contributed by atoms with Crippen molar-refractivity contribution in [2.75, 3.05) is 51.2 Å². The van der Waals surface area contributed by atoms with Gasteiger partial charge in [-0.1, -0.05) is 35.6 Å². The molecule has 1 saturated carbocycles. The molecule has 2 aliphatic heterocycles. The molecule has 13 nitrogen and oxygen atoms in total. The SMILES string of the molecule is COc1cc2c(cc1OC(C)C)C(c1ccc(Cl)cc1)N(c1ccc(N(C)C[C@H]3CC[C@H](N(C)CCCC#Cc4c(OC)ccc5c4n(C)c(=O)n5C4CCC(=O)NC4=O)CC3)cc1)C(=O)C2. The van der Waals surface area contributed by atoms with Crippen molar-refractivity contribution >= 4 is 51.7 Å². The molecule has 3 aliphatic rings. The fraction of sp³-hybridized carbons (Fsp3) is 0.434. The molecule has 5 aromatic rings. The number of carbonyl (C=O) groups is 3. The minimum absolute atomic E-state index is 0.00638. The third kappa shape index (κ3) is 9.92. The smallest absolute Gasteiger partial charge is 0.329 e. The quantitative estimate of drug-likeness (QED) is 0.0666. The van der Waals surface area contributed by atoms with Crippen molar-refractivity contribution in [2.24, 2.45) is 13.0 Å². The van der Waals surface area contributed by atoms with Gasteiger partial charge in [-0.25, -0.2) is 4.79 Å². The molecule has 67 heavy (non-hydrogen) atoms. The van der Waals surface area contributed by atoms with Crippen molar-refractivity contribution in [1.82, 2.24) is 19.4 Å². The van der Waals surface area contributed by atoms with Gasteiger partial charge in [-0.3, -0.25) is 28.8 Å². The number of carbonyl (C=O) groups excluding carboxylic acids is 3. The van der Waals surface area contributed by atoms with Gasteiger partial charge in [-0.2, -0.15) is 0 Å². The van der Waals surface area contributed by atoms with Gasteiger partial charge in [0.1, 0.15) is 11.8 Å². The van der Waals surface area contributed by atoms with Crippen LogP contribution in [0.1, 0.15) is 99.6 Å². The molecule has 2 atom stereocenters. The minimum Gasteiger partial charge on any atom is -0.495 e. The molecule has 3 amide bonds. The molecular formula is C53H61ClN6O7. The van der Waals surface area contributed by atoms with Crippen LogP contribution in [0.25, 0.3) is 11.0 Å². The molecule has 14 heteroatoms. The van der Waals surface area contributed by atoms with Crippen LogP contribution in [0.3, 0.4) is 0 Å². The van der Waals surface area contributed by atoms with Gasteiger partial charge < -0.3 is 28.9 Å². The second-order valence-corrected chi connectivity index (χ2v) is 18.8. The Kier molecular flexibility index (Phi) is 14.3. The number of piperidine rings is 1. The Bertz CT molecular complexity index is 2760. The molecule has 2 unspecified atom stereocenters. The third-order valence-electron chi connectivity index (χ3n) is 13.7. The van der Waals surface area contributed by atoms with Crippen LogP contribution in [0.15, 0.2) is 77.6 Å². The van der Waals surface area contributed by atoms with Gasteiger partial charge in [0.15, 0.2) is 11.5 Å². The average Bonchev–Trinajstić information content (AvgIpc) is 3.56. The first kappa shape index (κ1) is 47.3. The standard InChI is InChI=1S/C53H61ClN6O7/c1-33(2)67-47-31-42-36(29-46(47)66-7)30-49(62)59(50(42)35-14-16-37(54)17-15-35)40-22-20-39(21-23-40)57(4)32-34-12-18-38(19-13-34)56(3)28-10-8-9-11-41-45(65-6)26-24-43-51(41)58(5)53(64)60(43)44-25-27-48(61)55-52(44)63/h14-17,20-24,26,29,31,33-34,38,44,50H,8,10,12-13,18-19,25,27-28,30,32H2,1-7H3,(H,55,61,63)/t34-,38-,44?,50?. The number of imidazole rings is 1. The van der Waals surface area contributed by atoms with Gasteiger partial charge >= 0.3 is 5.69 Å². The normalized spacial score (nSPS) is 19.6. The van der Waals surface area contributed by atoms with E-state index in [1.165, 1.54) is 9.13 Å². The molecule has 0 radical (unpaired) electrons. The lowest BCUT2D eigenvalue weighted by atomic mass is 9.85. The number of rotatable bonds is 14. The summed E-state index contributed by atoms with van der Waals surface area (Å²) in [6, 6.07) is 23.0. The minimum atomic E-state index is -0.770. The summed E-state index contributed by atoms with van der Waals surface area (Å²) in [6.45, 7) is 5.85. The van der Waals surface area contributed by atoms with E-state index in [4.69, 9.17) is 25.8 Å². The van der Waals surface area contributed by atoms with Gasteiger partial charge in [0, 0.05) is 55.9 Å². The maximum Gasteiger partial charge on any atom is 0.329 e. The highest BCUT2D eigenvalue weighted by Crippen LogP contribution is 2.44. The summed E-state index contributed by atoms with van der Waals surface area (Å²) in [5.41, 5.74) is 6.27. The number of benzene rings is 4. The lowest BCUT2D eigenvalue weighted by Gasteiger charge is -2.38. The number of amides is 3. The monoisotopic (exact) mass is 928 g/mol. The Morgan fingerprint density at radius 2 is 1.58 bits per heavy atom. The first-order chi connectivity index (χ1) is 32.3. The number of unbranched alkanes of at least 4 members (excludes halogenated alkanes) is 1. The second kappa shape index (κ2) is 20.3. The highest BCUT2D eigenvalue weighted by Gasteiger charge is 2.37. The maximum atomic E-state index is 14.1. The van der Waals surface area contributed by atoms with E-state index in [0.29, 0.717) is 57.2 Å². The van der Waals surface area contributed by atoms with Crippen LogP contribution in [0.4, 0.5) is 11.4 Å². The van der Waals surface area contributed by atoms with Crippen molar-refractivity contribution in [1.29, 1.82) is 0 Å². The summed E-state index contributed by atoms with van der Waals surface area (Å²) in [5.74, 6) is 8.23. The van der Waals surface area contributed by atoms with E-state index in [0.717, 1.165) is 73.3 Å². The molecule has 3 heterocycles. The van der Waals surface area contributed by atoms with Gasteiger partial charge in [0.05, 0.1) is 49.4 Å². The second-order valence-electron chi connectivity index (χ2n) is 18.4. The number of hydrogen-bond donors (Lipinski definition) is 1. The number of ether oxygens (including phenoxy) is 3. The fourth-order valence-corrected chi connectivity index (χ4v) is 10.3. The van der Waals surface area contributed by atoms with Crippen LogP contribution >= 0.6 is 11.6 Å². The molecule has 8 rings (SSSR count). The van der Waals surface area contributed by atoms with Crippen molar-refractivity contribution in [3.05, 3.63) is 111 Å². The topological polar surface area (TPSA) is 128 Å². The highest BCUT2D eigenvalue weighted by molar-refractivity contribution is 6.30. The van der Waals surface area contributed by atoms with Crippen molar-refractivity contribution in [3.8, 4) is 29.1 Å². The van der Waals surface area contributed by atoms with Crippen LogP contribution in [0.2, 0.25) is 5.02 Å². The van der Waals surface area contributed by atoms with Crippen molar-refractivity contribution in [2.45, 2.75) is 95.9 Å². The van der Waals surface area contributed by atoms with Crippen LogP contribution in [-0.4, -0.2) is 85.3 Å². The third-order valence-corrected chi connectivity index (χ3v) is 13.9. The van der Waals surface area contributed by atoms with Crippen LogP contribution in [0.5, 0.6) is 17.2 Å². The van der Waals surface area contributed by atoms with Gasteiger partial charge in [0.25, 0.3) is 0 Å². The van der Waals surface area contributed by atoms with Crippen LogP contribution in [-0.2, 0) is 27.9 Å². The molecule has 1 aliphatic carbocycles. The number of imide groups is 1. The number of nitrogens with one attached hydrogen (secondary N) is 1. The number of anilines is 2. The number of fused-ring (bicyclic) bond motifs is 2. The first-order valence-corrected chi connectivity index (χ1v) is 23.7. The molecule has 2 fully saturated rings. The predicted molar refractivity (Wildman–Crippen MR) is 263 cm³/mol. The van der Waals surface area contributed by atoms with E-state index in [2.05, 4.69) is 65.3 Å². The number of nitrogens with zero attached hydrogens (tertiary/aromatic N) is 5. The summed E-state index contributed by atoms with van der Waals surface area (Å²) < 4.78 is 20.5. The molecule has 1 saturated heterocycles. The largest absolute Gasteiger partial charge is 0.495 e. The zero-order chi connectivity index (χ0) is 47.5. The Morgan fingerprint density at radius 1 is 0.866 bits per heavy atom. The molecule has 0 spiro atoms. The Morgan fingerprint density at radius 3 is 2.25 bits per heavy atom. The molecule has 352 valence electrons. The fourth-order valence-electron chi connectivity index (χ4n) is 10.2. The molecular weight excluding hydrogens is 868 g/mol. The van der Waals surface area contributed by atoms with E-state index >= 15 is 0 Å². The average molecular weight is 930 g/mol. The Balaban J connectivity index is 0.869. The summed E-state index contributed by atoms with van der Waals surface area (Å²) in [4.78, 5) is 58.8.